The summed E-state index contributed by atoms with van der Waals surface area (Å²) in [5.74, 6) is 0. The SMILES string of the molecule is c1ccc(-n2c3ccccc3c3cc(N(c4ccc5sc6c7ccccc7ccc6c5c4)c4cccc5c4oc4ccccc45)ccc32)cc1. The number of benzene rings is 8. The summed E-state index contributed by atoms with van der Waals surface area (Å²) in [5, 5.41) is 9.78. The van der Waals surface area contributed by atoms with Gasteiger partial charge in [-0.15, -0.1) is 11.3 Å². The van der Waals surface area contributed by atoms with E-state index in [9.17, 15) is 0 Å². The molecule has 0 fully saturated rings. The number of hydrogen-bond donors (Lipinski definition) is 0. The van der Waals surface area contributed by atoms with Crippen LogP contribution in [0.15, 0.2) is 174 Å². The Morgan fingerprint density at radius 3 is 2.06 bits per heavy atom. The zero-order chi connectivity index (χ0) is 32.8. The van der Waals surface area contributed by atoms with E-state index in [2.05, 4.69) is 173 Å². The second-order valence-electron chi connectivity index (χ2n) is 12.9. The summed E-state index contributed by atoms with van der Waals surface area (Å²) in [6, 6.07) is 61.2. The third-order valence-electron chi connectivity index (χ3n) is 10.2. The predicted molar refractivity (Wildman–Crippen MR) is 213 cm³/mol. The maximum atomic E-state index is 6.67. The molecule has 0 aliphatic carbocycles. The molecule has 0 amide bonds. The number of hydrogen-bond acceptors (Lipinski definition) is 3. The highest BCUT2D eigenvalue weighted by molar-refractivity contribution is 7.26. The minimum absolute atomic E-state index is 0.877. The van der Waals surface area contributed by atoms with Crippen molar-refractivity contribution in [2.75, 3.05) is 4.90 Å². The van der Waals surface area contributed by atoms with Crippen LogP contribution in [-0.2, 0) is 0 Å². The molecule has 3 nitrogen and oxygen atoms in total. The van der Waals surface area contributed by atoms with Gasteiger partial charge in [0.15, 0.2) is 5.58 Å². The largest absolute Gasteiger partial charge is 0.454 e. The van der Waals surface area contributed by atoms with Gasteiger partial charge in [0.25, 0.3) is 0 Å². The molecule has 50 heavy (non-hydrogen) atoms. The Balaban J connectivity index is 1.20. The first-order valence-electron chi connectivity index (χ1n) is 16.9. The van der Waals surface area contributed by atoms with Crippen molar-refractivity contribution in [1.29, 1.82) is 0 Å². The van der Waals surface area contributed by atoms with Gasteiger partial charge in [-0.2, -0.15) is 0 Å². The Morgan fingerprint density at radius 1 is 0.460 bits per heavy atom. The van der Waals surface area contributed by atoms with Gasteiger partial charge in [-0.1, -0.05) is 103 Å². The number of rotatable bonds is 4. The van der Waals surface area contributed by atoms with Crippen LogP contribution in [0.2, 0.25) is 0 Å². The fourth-order valence-corrected chi connectivity index (χ4v) is 9.14. The maximum absolute atomic E-state index is 6.67. The van der Waals surface area contributed by atoms with Crippen molar-refractivity contribution in [3.8, 4) is 5.69 Å². The quantitative estimate of drug-likeness (QED) is 0.188. The molecule has 8 aromatic carbocycles. The van der Waals surface area contributed by atoms with Crippen LogP contribution in [0.1, 0.15) is 0 Å². The topological polar surface area (TPSA) is 21.3 Å². The van der Waals surface area contributed by atoms with E-state index in [1.807, 2.05) is 17.4 Å². The summed E-state index contributed by atoms with van der Waals surface area (Å²) in [5.41, 5.74) is 8.45. The molecule has 0 atom stereocenters. The molecule has 0 radical (unpaired) electrons. The van der Waals surface area contributed by atoms with Gasteiger partial charge in [0, 0.05) is 58.8 Å². The van der Waals surface area contributed by atoms with Crippen LogP contribution >= 0.6 is 11.3 Å². The van der Waals surface area contributed by atoms with Gasteiger partial charge in [0.05, 0.1) is 16.7 Å². The van der Waals surface area contributed by atoms with Crippen LogP contribution in [0.4, 0.5) is 17.1 Å². The molecule has 0 aliphatic rings. The zero-order valence-electron chi connectivity index (χ0n) is 26.9. The standard InChI is InChI=1S/C46H28N2OS/c1-2-12-30(13-3-1)48-40-18-8-6-15-34(40)38-27-31(22-25-41(38)48)47(42-19-10-17-36-35-16-7-9-20-43(35)49-45(36)42)32-23-26-44-39(28-32)37-24-21-29-11-4-5-14-33(29)46(37)50-44/h1-28H. The van der Waals surface area contributed by atoms with Crippen LogP contribution in [0.25, 0.3) is 80.4 Å². The van der Waals surface area contributed by atoms with E-state index in [1.54, 1.807) is 0 Å². The van der Waals surface area contributed by atoms with Gasteiger partial charge in [-0.05, 0) is 77.5 Å². The Hall–Kier alpha value is -6.36. The van der Waals surface area contributed by atoms with E-state index in [1.165, 1.54) is 52.8 Å². The summed E-state index contributed by atoms with van der Waals surface area (Å²) in [4.78, 5) is 2.38. The van der Waals surface area contributed by atoms with Gasteiger partial charge in [-0.3, -0.25) is 0 Å². The van der Waals surface area contributed by atoms with Crippen LogP contribution in [0.5, 0.6) is 0 Å². The van der Waals surface area contributed by atoms with Crippen molar-refractivity contribution in [2.24, 2.45) is 0 Å². The molecule has 234 valence electrons. The summed E-state index contributed by atoms with van der Waals surface area (Å²) >= 11 is 1.87. The molecule has 0 saturated heterocycles. The van der Waals surface area contributed by atoms with E-state index >= 15 is 0 Å². The first kappa shape index (κ1) is 27.6. The average molecular weight is 657 g/mol. The molecular formula is C46H28N2OS. The lowest BCUT2D eigenvalue weighted by Crippen LogP contribution is -2.10. The van der Waals surface area contributed by atoms with Crippen LogP contribution in [-0.4, -0.2) is 4.57 Å². The molecule has 11 aromatic rings. The second-order valence-corrected chi connectivity index (χ2v) is 14.0. The molecule has 4 heteroatoms. The van der Waals surface area contributed by atoms with Gasteiger partial charge in [0.1, 0.15) is 5.58 Å². The summed E-state index contributed by atoms with van der Waals surface area (Å²) in [7, 11) is 0. The molecule has 0 saturated carbocycles. The number of aromatic nitrogens is 1. The number of fused-ring (bicyclic) bond motifs is 11. The van der Waals surface area contributed by atoms with E-state index in [0.29, 0.717) is 0 Å². The van der Waals surface area contributed by atoms with E-state index in [0.717, 1.165) is 44.7 Å². The maximum Gasteiger partial charge on any atom is 0.159 e. The Morgan fingerprint density at radius 2 is 1.16 bits per heavy atom. The van der Waals surface area contributed by atoms with E-state index < -0.39 is 0 Å². The number of para-hydroxylation sites is 4. The van der Waals surface area contributed by atoms with Crippen LogP contribution in [0.3, 0.4) is 0 Å². The zero-order valence-corrected chi connectivity index (χ0v) is 27.7. The Kier molecular flexibility index (Phi) is 5.83. The second kappa shape index (κ2) is 10.6. The minimum Gasteiger partial charge on any atom is -0.454 e. The highest BCUT2D eigenvalue weighted by atomic mass is 32.1. The van der Waals surface area contributed by atoms with E-state index in [-0.39, 0.29) is 0 Å². The number of nitrogens with zero attached hydrogens (tertiary/aromatic N) is 2. The molecular weight excluding hydrogens is 629 g/mol. The molecule has 0 N–H and O–H groups in total. The van der Waals surface area contributed by atoms with Gasteiger partial charge in [-0.25, -0.2) is 0 Å². The fourth-order valence-electron chi connectivity index (χ4n) is 7.92. The van der Waals surface area contributed by atoms with Crippen molar-refractivity contribution < 1.29 is 4.42 Å². The molecule has 0 bridgehead atoms. The lowest BCUT2D eigenvalue weighted by molar-refractivity contribution is 0.669. The number of anilines is 3. The minimum atomic E-state index is 0.877. The van der Waals surface area contributed by atoms with Crippen molar-refractivity contribution >= 4 is 103 Å². The molecule has 0 spiro atoms. The van der Waals surface area contributed by atoms with Crippen molar-refractivity contribution in [2.45, 2.75) is 0 Å². The van der Waals surface area contributed by atoms with Crippen LogP contribution in [0, 0.1) is 0 Å². The lowest BCUT2D eigenvalue weighted by atomic mass is 10.0. The summed E-state index contributed by atoms with van der Waals surface area (Å²) in [6.45, 7) is 0. The molecule has 3 aromatic heterocycles. The van der Waals surface area contributed by atoms with Crippen LogP contribution < -0.4 is 4.90 Å². The third kappa shape index (κ3) is 3.97. The Bertz CT molecular complexity index is 3110. The molecule has 11 rings (SSSR count). The highest BCUT2D eigenvalue weighted by Gasteiger charge is 2.22. The van der Waals surface area contributed by atoms with Gasteiger partial charge >= 0.3 is 0 Å². The molecule has 3 heterocycles. The third-order valence-corrected chi connectivity index (χ3v) is 11.4. The molecule has 0 unspecified atom stereocenters. The smallest absolute Gasteiger partial charge is 0.159 e. The highest BCUT2D eigenvalue weighted by Crippen LogP contribution is 2.46. The average Bonchev–Trinajstić information content (AvgIpc) is 3.85. The monoisotopic (exact) mass is 656 g/mol. The van der Waals surface area contributed by atoms with Gasteiger partial charge in [0.2, 0.25) is 0 Å². The first-order chi connectivity index (χ1) is 24.8. The Labute approximate surface area is 291 Å². The van der Waals surface area contributed by atoms with Crippen molar-refractivity contribution in [3.05, 3.63) is 170 Å². The summed E-state index contributed by atoms with van der Waals surface area (Å²) in [6.07, 6.45) is 0. The van der Waals surface area contributed by atoms with Crippen molar-refractivity contribution in [1.82, 2.24) is 4.57 Å². The van der Waals surface area contributed by atoms with Gasteiger partial charge < -0.3 is 13.9 Å². The summed E-state index contributed by atoms with van der Waals surface area (Å²) < 4.78 is 11.7. The van der Waals surface area contributed by atoms with Crippen molar-refractivity contribution in [3.63, 3.8) is 0 Å². The first-order valence-corrected chi connectivity index (χ1v) is 17.7. The predicted octanol–water partition coefficient (Wildman–Crippen LogP) is 13.7. The number of thiophene rings is 1. The number of furan rings is 1. The molecule has 0 aliphatic heterocycles. The van der Waals surface area contributed by atoms with E-state index in [4.69, 9.17) is 4.42 Å². The fraction of sp³-hybridized carbons (Fsp3) is 0. The normalized spacial score (nSPS) is 12.0. The lowest BCUT2D eigenvalue weighted by Gasteiger charge is -2.26.